The molecule has 2 aromatic rings. The first-order chi connectivity index (χ1) is 13.8. The molecule has 0 aliphatic carbocycles. The highest BCUT2D eigenvalue weighted by atomic mass is 16.7. The highest BCUT2D eigenvalue weighted by Gasteiger charge is 2.35. The van der Waals surface area contributed by atoms with Crippen LogP contribution in [-0.2, 0) is 16.7 Å². The SMILES string of the molecule is CN=C(NCCn1cccc1)NCC1(c2ccc3c(c2)OCO3)CCOCC1. The van der Waals surface area contributed by atoms with E-state index in [1.54, 1.807) is 0 Å². The maximum atomic E-state index is 5.65. The number of rotatable bonds is 6. The van der Waals surface area contributed by atoms with Crippen molar-refractivity contribution in [2.45, 2.75) is 24.8 Å². The molecule has 0 saturated carbocycles. The van der Waals surface area contributed by atoms with Gasteiger partial charge in [-0.3, -0.25) is 4.99 Å². The summed E-state index contributed by atoms with van der Waals surface area (Å²) >= 11 is 0. The Bertz CT molecular complexity index is 798. The van der Waals surface area contributed by atoms with Crippen molar-refractivity contribution in [3.63, 3.8) is 0 Å². The lowest BCUT2D eigenvalue weighted by Crippen LogP contribution is -2.48. The zero-order valence-corrected chi connectivity index (χ0v) is 16.3. The van der Waals surface area contributed by atoms with Gasteiger partial charge >= 0.3 is 0 Å². The molecule has 1 aromatic carbocycles. The quantitative estimate of drug-likeness (QED) is 0.590. The number of hydrogen-bond donors (Lipinski definition) is 2. The summed E-state index contributed by atoms with van der Waals surface area (Å²) in [5.41, 5.74) is 1.24. The first kappa shape index (κ1) is 18.7. The second-order valence-corrected chi connectivity index (χ2v) is 7.23. The van der Waals surface area contributed by atoms with Crippen LogP contribution in [0.4, 0.5) is 0 Å². The number of nitrogens with one attached hydrogen (secondary N) is 2. The Balaban J connectivity index is 1.41. The Kier molecular flexibility index (Phi) is 5.71. The van der Waals surface area contributed by atoms with E-state index in [-0.39, 0.29) is 5.41 Å². The van der Waals surface area contributed by atoms with Gasteiger partial charge in [-0.05, 0) is 42.7 Å². The van der Waals surface area contributed by atoms with Crippen LogP contribution < -0.4 is 20.1 Å². The van der Waals surface area contributed by atoms with Crippen LogP contribution in [0.3, 0.4) is 0 Å². The van der Waals surface area contributed by atoms with E-state index in [4.69, 9.17) is 14.2 Å². The molecule has 28 heavy (non-hydrogen) atoms. The molecule has 0 radical (unpaired) electrons. The summed E-state index contributed by atoms with van der Waals surface area (Å²) in [6.45, 7) is 4.32. The van der Waals surface area contributed by atoms with Gasteiger partial charge in [-0.1, -0.05) is 6.07 Å². The molecule has 3 heterocycles. The summed E-state index contributed by atoms with van der Waals surface area (Å²) in [6.07, 6.45) is 6.04. The summed E-state index contributed by atoms with van der Waals surface area (Å²) in [7, 11) is 1.81. The Morgan fingerprint density at radius 3 is 2.68 bits per heavy atom. The number of fused-ring (bicyclic) bond motifs is 1. The van der Waals surface area contributed by atoms with Gasteiger partial charge < -0.3 is 29.4 Å². The molecule has 150 valence electrons. The molecular weight excluding hydrogens is 356 g/mol. The monoisotopic (exact) mass is 384 g/mol. The lowest BCUT2D eigenvalue weighted by Gasteiger charge is -2.38. The molecule has 0 bridgehead atoms. The average Bonchev–Trinajstić information content (AvgIpc) is 3.42. The van der Waals surface area contributed by atoms with Gasteiger partial charge in [-0.2, -0.15) is 0 Å². The van der Waals surface area contributed by atoms with Crippen LogP contribution in [0.15, 0.2) is 47.7 Å². The summed E-state index contributed by atoms with van der Waals surface area (Å²) in [5, 5.41) is 6.93. The van der Waals surface area contributed by atoms with E-state index >= 15 is 0 Å². The van der Waals surface area contributed by atoms with E-state index in [9.17, 15) is 0 Å². The Labute approximate surface area is 165 Å². The second kappa shape index (κ2) is 8.56. The topological polar surface area (TPSA) is 69.0 Å². The largest absolute Gasteiger partial charge is 0.454 e. The predicted octanol–water partition coefficient (Wildman–Crippen LogP) is 2.13. The first-order valence-electron chi connectivity index (χ1n) is 9.82. The molecule has 1 aromatic heterocycles. The van der Waals surface area contributed by atoms with Gasteiger partial charge in [0.2, 0.25) is 6.79 Å². The number of hydrogen-bond acceptors (Lipinski definition) is 4. The summed E-state index contributed by atoms with van der Waals surface area (Å²) in [4.78, 5) is 4.38. The van der Waals surface area contributed by atoms with Crippen LogP contribution in [0, 0.1) is 0 Å². The van der Waals surface area contributed by atoms with Crippen molar-refractivity contribution in [1.29, 1.82) is 0 Å². The minimum atomic E-state index is -0.0166. The van der Waals surface area contributed by atoms with E-state index in [0.29, 0.717) is 6.79 Å². The average molecular weight is 384 g/mol. The van der Waals surface area contributed by atoms with Crippen molar-refractivity contribution in [3.05, 3.63) is 48.3 Å². The molecule has 0 atom stereocenters. The highest BCUT2D eigenvalue weighted by Crippen LogP contribution is 2.40. The van der Waals surface area contributed by atoms with Crippen molar-refractivity contribution in [1.82, 2.24) is 15.2 Å². The van der Waals surface area contributed by atoms with Crippen LogP contribution in [0.25, 0.3) is 0 Å². The zero-order chi connectivity index (χ0) is 19.2. The summed E-state index contributed by atoms with van der Waals surface area (Å²) in [5.74, 6) is 2.47. The van der Waals surface area contributed by atoms with Crippen molar-refractivity contribution in [2.75, 3.05) is 40.1 Å². The fraction of sp³-hybridized carbons (Fsp3) is 0.476. The lowest BCUT2D eigenvalue weighted by molar-refractivity contribution is 0.0513. The van der Waals surface area contributed by atoms with Gasteiger partial charge in [0.1, 0.15) is 0 Å². The predicted molar refractivity (Wildman–Crippen MR) is 108 cm³/mol. The summed E-state index contributed by atoms with van der Waals surface area (Å²) in [6, 6.07) is 10.4. The maximum Gasteiger partial charge on any atom is 0.231 e. The molecule has 4 rings (SSSR count). The van der Waals surface area contributed by atoms with Crippen molar-refractivity contribution in [2.24, 2.45) is 4.99 Å². The molecule has 7 nitrogen and oxygen atoms in total. The third kappa shape index (κ3) is 4.09. The molecule has 0 unspecified atom stereocenters. The van der Waals surface area contributed by atoms with Gasteiger partial charge in [0.25, 0.3) is 0 Å². The molecule has 0 amide bonds. The Hall–Kier alpha value is -2.67. The van der Waals surface area contributed by atoms with Crippen LogP contribution in [0.5, 0.6) is 11.5 Å². The number of benzene rings is 1. The third-order valence-corrected chi connectivity index (χ3v) is 5.58. The van der Waals surface area contributed by atoms with Gasteiger partial charge in [0.05, 0.1) is 0 Å². The van der Waals surface area contributed by atoms with E-state index in [2.05, 4.69) is 44.7 Å². The molecule has 0 spiro atoms. The van der Waals surface area contributed by atoms with Crippen LogP contribution >= 0.6 is 0 Å². The molecule has 2 aliphatic rings. The third-order valence-electron chi connectivity index (χ3n) is 5.58. The molecule has 7 heteroatoms. The van der Waals surface area contributed by atoms with E-state index in [0.717, 1.165) is 63.1 Å². The number of aromatic nitrogens is 1. The molecular formula is C21H28N4O3. The normalized spacial score (nSPS) is 18.1. The number of aliphatic imine (C=N–C) groups is 1. The van der Waals surface area contributed by atoms with Crippen molar-refractivity contribution < 1.29 is 14.2 Å². The first-order valence-corrected chi connectivity index (χ1v) is 9.82. The van der Waals surface area contributed by atoms with Crippen molar-refractivity contribution in [3.8, 4) is 11.5 Å². The second-order valence-electron chi connectivity index (χ2n) is 7.23. The smallest absolute Gasteiger partial charge is 0.231 e. The fourth-order valence-electron chi connectivity index (χ4n) is 3.85. The zero-order valence-electron chi connectivity index (χ0n) is 16.3. The van der Waals surface area contributed by atoms with Crippen molar-refractivity contribution >= 4 is 5.96 Å². The molecule has 1 saturated heterocycles. The highest BCUT2D eigenvalue weighted by molar-refractivity contribution is 5.79. The molecule has 1 fully saturated rings. The van der Waals surface area contributed by atoms with Gasteiger partial charge in [0, 0.05) is 57.7 Å². The number of ether oxygens (including phenoxy) is 3. The van der Waals surface area contributed by atoms with Crippen LogP contribution in [0.2, 0.25) is 0 Å². The van der Waals surface area contributed by atoms with Gasteiger partial charge in [0.15, 0.2) is 17.5 Å². The van der Waals surface area contributed by atoms with E-state index in [1.165, 1.54) is 5.56 Å². The standard InChI is InChI=1S/C21H28N4O3/c1-22-20(23-8-11-25-9-2-3-10-25)24-15-21(6-12-26-13-7-21)17-4-5-18-19(14-17)28-16-27-18/h2-5,9-10,14H,6-8,11-13,15-16H2,1H3,(H2,22,23,24). The van der Waals surface area contributed by atoms with Crippen LogP contribution in [0.1, 0.15) is 18.4 Å². The minimum Gasteiger partial charge on any atom is -0.454 e. The lowest BCUT2D eigenvalue weighted by atomic mass is 9.74. The van der Waals surface area contributed by atoms with E-state index in [1.807, 2.05) is 25.2 Å². The van der Waals surface area contributed by atoms with Crippen LogP contribution in [-0.4, -0.2) is 50.7 Å². The van der Waals surface area contributed by atoms with Gasteiger partial charge in [-0.15, -0.1) is 0 Å². The maximum absolute atomic E-state index is 5.65. The molecule has 2 N–H and O–H groups in total. The van der Waals surface area contributed by atoms with E-state index < -0.39 is 0 Å². The Morgan fingerprint density at radius 2 is 1.89 bits per heavy atom. The number of guanidine groups is 1. The fourth-order valence-corrected chi connectivity index (χ4v) is 3.85. The number of nitrogens with zero attached hydrogens (tertiary/aromatic N) is 2. The summed E-state index contributed by atoms with van der Waals surface area (Å²) < 4.78 is 18.9. The molecule has 2 aliphatic heterocycles. The van der Waals surface area contributed by atoms with Gasteiger partial charge in [-0.25, -0.2) is 0 Å². The minimum absolute atomic E-state index is 0.0166. The Morgan fingerprint density at radius 1 is 1.11 bits per heavy atom.